The molecular weight excluding hydrogens is 200 g/mol. The summed E-state index contributed by atoms with van der Waals surface area (Å²) in [6.07, 6.45) is 2.45. The van der Waals surface area contributed by atoms with Gasteiger partial charge in [-0.1, -0.05) is 18.2 Å². The summed E-state index contributed by atoms with van der Waals surface area (Å²) < 4.78 is 11.0. The molecule has 0 unspecified atom stereocenters. The minimum atomic E-state index is 0.267. The third kappa shape index (κ3) is 2.60. The quantitative estimate of drug-likeness (QED) is 0.525. The summed E-state index contributed by atoms with van der Waals surface area (Å²) >= 11 is 0. The molecule has 0 saturated carbocycles. The number of hydrogen-bond acceptors (Lipinski definition) is 3. The van der Waals surface area contributed by atoms with Crippen LogP contribution in [0.5, 0.6) is 5.75 Å². The summed E-state index contributed by atoms with van der Waals surface area (Å²) in [7, 11) is 4.37. The van der Waals surface area contributed by atoms with Crippen LogP contribution >= 0.6 is 0 Å². The van der Waals surface area contributed by atoms with Gasteiger partial charge in [-0.15, -0.1) is 0 Å². The fourth-order valence-electron chi connectivity index (χ4n) is 2.09. The van der Waals surface area contributed by atoms with Crippen molar-refractivity contribution in [3.05, 3.63) is 23.8 Å². The van der Waals surface area contributed by atoms with Gasteiger partial charge in [0.1, 0.15) is 19.7 Å². The Hall–Kier alpha value is -0.930. The molecule has 2 rings (SSSR count). The highest BCUT2D eigenvalue weighted by Crippen LogP contribution is 2.24. The lowest BCUT2D eigenvalue weighted by atomic mass is 9.89. The number of ether oxygens (including phenoxy) is 1. The molecule has 0 saturated heterocycles. The SMILES string of the molecule is Bc1cccc2c1O[C@@H](CNBOC)CC2. The number of para-hydroxylation sites is 1. The molecule has 1 heterocycles. The van der Waals surface area contributed by atoms with Gasteiger partial charge in [0, 0.05) is 13.7 Å². The highest BCUT2D eigenvalue weighted by atomic mass is 16.5. The Morgan fingerprint density at radius 2 is 2.50 bits per heavy atom. The van der Waals surface area contributed by atoms with E-state index in [0.717, 1.165) is 25.1 Å². The molecular formula is C11H17B2NO2. The molecule has 0 fully saturated rings. The van der Waals surface area contributed by atoms with Gasteiger partial charge in [-0.05, 0) is 23.9 Å². The van der Waals surface area contributed by atoms with Crippen LogP contribution in [0.4, 0.5) is 0 Å². The highest BCUT2D eigenvalue weighted by molar-refractivity contribution is 6.34. The van der Waals surface area contributed by atoms with E-state index in [0.29, 0.717) is 7.62 Å². The first-order chi connectivity index (χ1) is 7.81. The molecule has 0 radical (unpaired) electrons. The van der Waals surface area contributed by atoms with Gasteiger partial charge in [-0.2, -0.15) is 0 Å². The molecule has 16 heavy (non-hydrogen) atoms. The van der Waals surface area contributed by atoms with Crippen LogP contribution in [0.3, 0.4) is 0 Å². The summed E-state index contributed by atoms with van der Waals surface area (Å²) in [5.74, 6) is 1.08. The monoisotopic (exact) mass is 217 g/mol. The van der Waals surface area contributed by atoms with E-state index >= 15 is 0 Å². The van der Waals surface area contributed by atoms with E-state index in [1.54, 1.807) is 7.11 Å². The second-order valence-electron chi connectivity index (χ2n) is 4.23. The zero-order valence-electron chi connectivity index (χ0n) is 9.95. The third-order valence-electron chi connectivity index (χ3n) is 2.93. The number of hydrogen-bond donors (Lipinski definition) is 1. The molecule has 1 aliphatic heterocycles. The van der Waals surface area contributed by atoms with Crippen LogP contribution in [0, 0.1) is 0 Å². The third-order valence-corrected chi connectivity index (χ3v) is 2.93. The fourth-order valence-corrected chi connectivity index (χ4v) is 2.09. The molecule has 1 aromatic rings. The largest absolute Gasteiger partial charge is 0.489 e. The summed E-state index contributed by atoms with van der Waals surface area (Å²) in [5.41, 5.74) is 2.57. The van der Waals surface area contributed by atoms with Crippen molar-refractivity contribution in [3.8, 4) is 5.75 Å². The van der Waals surface area contributed by atoms with Crippen LogP contribution in [-0.4, -0.2) is 35.2 Å². The Morgan fingerprint density at radius 1 is 1.62 bits per heavy atom. The standard InChI is InChI=1S/C11H17B2NO2/c1-15-13-14-7-9-6-5-8-3-2-4-10(12)11(8)16-9/h2-4,9,13-14H,5-7,12H2,1H3/t9-/m1/s1. The number of benzene rings is 1. The molecule has 0 bridgehead atoms. The predicted octanol–water partition coefficient (Wildman–Crippen LogP) is -0.859. The van der Waals surface area contributed by atoms with E-state index in [1.165, 1.54) is 11.0 Å². The van der Waals surface area contributed by atoms with Crippen molar-refractivity contribution in [2.75, 3.05) is 13.7 Å². The number of rotatable bonds is 4. The molecule has 1 atom stereocenters. The summed E-state index contributed by atoms with van der Waals surface area (Å²) in [6, 6.07) is 6.35. The smallest absolute Gasteiger partial charge is 0.360 e. The molecule has 0 amide bonds. The van der Waals surface area contributed by atoms with Crippen LogP contribution in [0.25, 0.3) is 0 Å². The molecule has 0 aliphatic carbocycles. The number of fused-ring (bicyclic) bond motifs is 1. The van der Waals surface area contributed by atoms with Crippen molar-refractivity contribution in [1.29, 1.82) is 0 Å². The van der Waals surface area contributed by atoms with Crippen molar-refractivity contribution in [2.24, 2.45) is 0 Å². The fraction of sp³-hybridized carbons (Fsp3) is 0.455. The molecule has 3 nitrogen and oxygen atoms in total. The van der Waals surface area contributed by atoms with Crippen LogP contribution in [0.2, 0.25) is 0 Å². The Bertz CT molecular complexity index is 360. The lowest BCUT2D eigenvalue weighted by Crippen LogP contribution is -2.37. The minimum absolute atomic E-state index is 0.267. The molecule has 0 spiro atoms. The van der Waals surface area contributed by atoms with Gasteiger partial charge in [0.25, 0.3) is 0 Å². The number of aryl methyl sites for hydroxylation is 1. The molecule has 5 heteroatoms. The van der Waals surface area contributed by atoms with Gasteiger partial charge in [0.2, 0.25) is 0 Å². The van der Waals surface area contributed by atoms with Gasteiger partial charge in [0.05, 0.1) is 0 Å². The zero-order chi connectivity index (χ0) is 11.4. The van der Waals surface area contributed by atoms with E-state index in [9.17, 15) is 0 Å². The highest BCUT2D eigenvalue weighted by Gasteiger charge is 2.20. The van der Waals surface area contributed by atoms with Crippen LogP contribution < -0.4 is 15.4 Å². The van der Waals surface area contributed by atoms with Crippen LogP contribution in [0.15, 0.2) is 18.2 Å². The molecule has 1 N–H and O–H groups in total. The maximum Gasteiger partial charge on any atom is 0.360 e. The Kier molecular flexibility index (Phi) is 3.91. The maximum absolute atomic E-state index is 5.99. The second-order valence-corrected chi connectivity index (χ2v) is 4.23. The van der Waals surface area contributed by atoms with Gasteiger partial charge in [-0.25, -0.2) is 0 Å². The Labute approximate surface area is 98.2 Å². The Morgan fingerprint density at radius 3 is 3.31 bits per heavy atom. The maximum atomic E-state index is 5.99. The van der Waals surface area contributed by atoms with E-state index in [4.69, 9.17) is 9.39 Å². The molecule has 84 valence electrons. The van der Waals surface area contributed by atoms with E-state index in [2.05, 4.69) is 31.3 Å². The van der Waals surface area contributed by atoms with Crippen molar-refractivity contribution < 1.29 is 9.39 Å². The first kappa shape index (κ1) is 11.6. The second kappa shape index (κ2) is 5.41. The van der Waals surface area contributed by atoms with E-state index in [-0.39, 0.29) is 6.10 Å². The first-order valence-corrected chi connectivity index (χ1v) is 5.76. The van der Waals surface area contributed by atoms with Crippen LogP contribution in [0.1, 0.15) is 12.0 Å². The molecule has 1 aromatic carbocycles. The molecule has 1 aliphatic rings. The summed E-state index contributed by atoms with van der Waals surface area (Å²) in [5, 5.41) is 3.21. The van der Waals surface area contributed by atoms with Gasteiger partial charge >= 0.3 is 7.62 Å². The Balaban J connectivity index is 1.97. The topological polar surface area (TPSA) is 30.5 Å². The van der Waals surface area contributed by atoms with Gasteiger partial charge < -0.3 is 14.6 Å². The zero-order valence-corrected chi connectivity index (χ0v) is 9.95. The van der Waals surface area contributed by atoms with E-state index in [1.807, 2.05) is 0 Å². The van der Waals surface area contributed by atoms with Gasteiger partial charge in [0.15, 0.2) is 0 Å². The summed E-state index contributed by atoms with van der Waals surface area (Å²) in [6.45, 7) is 0.849. The van der Waals surface area contributed by atoms with Crippen LogP contribution in [-0.2, 0) is 11.1 Å². The van der Waals surface area contributed by atoms with E-state index < -0.39 is 0 Å². The van der Waals surface area contributed by atoms with Crippen molar-refractivity contribution in [2.45, 2.75) is 18.9 Å². The first-order valence-electron chi connectivity index (χ1n) is 5.76. The molecule has 0 aromatic heterocycles. The number of nitrogens with one attached hydrogen (secondary N) is 1. The lowest BCUT2D eigenvalue weighted by Gasteiger charge is -2.27. The summed E-state index contributed by atoms with van der Waals surface area (Å²) in [4.78, 5) is 0. The lowest BCUT2D eigenvalue weighted by molar-refractivity contribution is 0.177. The normalized spacial score (nSPS) is 18.7. The van der Waals surface area contributed by atoms with Crippen molar-refractivity contribution in [1.82, 2.24) is 5.23 Å². The van der Waals surface area contributed by atoms with Crippen molar-refractivity contribution >= 4 is 20.9 Å². The average molecular weight is 217 g/mol. The average Bonchev–Trinajstić information content (AvgIpc) is 2.30. The predicted molar refractivity (Wildman–Crippen MR) is 69.5 cm³/mol. The van der Waals surface area contributed by atoms with Crippen molar-refractivity contribution in [3.63, 3.8) is 0 Å². The minimum Gasteiger partial charge on any atom is -0.489 e. The van der Waals surface area contributed by atoms with Gasteiger partial charge in [-0.3, -0.25) is 0 Å².